The van der Waals surface area contributed by atoms with Crippen molar-refractivity contribution in [1.29, 1.82) is 0 Å². The van der Waals surface area contributed by atoms with Gasteiger partial charge in [-0.1, -0.05) is 35.9 Å². The standard InChI is InChI=1S/C20H20N4/c1-15-5-4-6-16(11-15)13-24-10-8-17-12-22-20(23-19(17)14-24)18-7-2-3-9-21-18/h2-7,9,11-12H,8,10,13-14H2,1H3. The van der Waals surface area contributed by atoms with Gasteiger partial charge in [-0.15, -0.1) is 0 Å². The third-order valence-corrected chi connectivity index (χ3v) is 4.41. The Morgan fingerprint density at radius 3 is 2.88 bits per heavy atom. The van der Waals surface area contributed by atoms with E-state index in [0.29, 0.717) is 5.82 Å². The van der Waals surface area contributed by atoms with Crippen LogP contribution in [0.3, 0.4) is 0 Å². The summed E-state index contributed by atoms with van der Waals surface area (Å²) >= 11 is 0. The Balaban J connectivity index is 1.55. The summed E-state index contributed by atoms with van der Waals surface area (Å²) in [7, 11) is 0. The van der Waals surface area contributed by atoms with Gasteiger partial charge < -0.3 is 0 Å². The lowest BCUT2D eigenvalue weighted by Gasteiger charge is -2.28. The first-order valence-corrected chi connectivity index (χ1v) is 8.32. The predicted molar refractivity (Wildman–Crippen MR) is 94.3 cm³/mol. The van der Waals surface area contributed by atoms with Crippen molar-refractivity contribution in [2.45, 2.75) is 26.4 Å². The molecular formula is C20H20N4. The Labute approximate surface area is 142 Å². The Morgan fingerprint density at radius 2 is 2.04 bits per heavy atom. The van der Waals surface area contributed by atoms with Crippen molar-refractivity contribution in [3.05, 3.63) is 77.2 Å². The minimum atomic E-state index is 0.715. The lowest BCUT2D eigenvalue weighted by molar-refractivity contribution is 0.241. The van der Waals surface area contributed by atoms with Crippen LogP contribution in [0.25, 0.3) is 11.5 Å². The average molecular weight is 316 g/mol. The molecule has 0 saturated carbocycles. The first-order chi connectivity index (χ1) is 11.8. The quantitative estimate of drug-likeness (QED) is 0.742. The molecular weight excluding hydrogens is 296 g/mol. The Hall–Kier alpha value is -2.59. The van der Waals surface area contributed by atoms with E-state index in [2.05, 4.69) is 46.1 Å². The fourth-order valence-corrected chi connectivity index (χ4v) is 3.18. The molecule has 3 aromatic rings. The van der Waals surface area contributed by atoms with Crippen molar-refractivity contribution < 1.29 is 0 Å². The minimum absolute atomic E-state index is 0.715. The van der Waals surface area contributed by atoms with Crippen LogP contribution in [-0.4, -0.2) is 26.4 Å². The topological polar surface area (TPSA) is 41.9 Å². The first-order valence-electron chi connectivity index (χ1n) is 8.32. The smallest absolute Gasteiger partial charge is 0.178 e. The molecule has 0 fully saturated rings. The van der Waals surface area contributed by atoms with Gasteiger partial charge in [0.25, 0.3) is 0 Å². The number of hydrogen-bond donors (Lipinski definition) is 0. The molecule has 120 valence electrons. The summed E-state index contributed by atoms with van der Waals surface area (Å²) < 4.78 is 0. The van der Waals surface area contributed by atoms with Gasteiger partial charge in [-0.3, -0.25) is 9.88 Å². The Bertz CT molecular complexity index is 845. The molecule has 1 aliphatic rings. The number of aromatic nitrogens is 3. The fourth-order valence-electron chi connectivity index (χ4n) is 3.18. The molecule has 0 spiro atoms. The molecule has 1 aromatic carbocycles. The molecule has 0 saturated heterocycles. The highest BCUT2D eigenvalue weighted by Crippen LogP contribution is 2.21. The van der Waals surface area contributed by atoms with Gasteiger partial charge in [0.15, 0.2) is 5.82 Å². The molecule has 4 nitrogen and oxygen atoms in total. The van der Waals surface area contributed by atoms with Crippen LogP contribution in [-0.2, 0) is 19.5 Å². The van der Waals surface area contributed by atoms with Crippen LogP contribution >= 0.6 is 0 Å². The summed E-state index contributed by atoms with van der Waals surface area (Å²) in [6.07, 6.45) is 4.75. The number of pyridine rings is 1. The van der Waals surface area contributed by atoms with Crippen LogP contribution in [0.1, 0.15) is 22.4 Å². The molecule has 4 rings (SSSR count). The number of nitrogens with zero attached hydrogens (tertiary/aromatic N) is 4. The minimum Gasteiger partial charge on any atom is -0.293 e. The SMILES string of the molecule is Cc1cccc(CN2CCc3cnc(-c4ccccn4)nc3C2)c1. The van der Waals surface area contributed by atoms with E-state index < -0.39 is 0 Å². The number of fused-ring (bicyclic) bond motifs is 1. The largest absolute Gasteiger partial charge is 0.293 e. The van der Waals surface area contributed by atoms with E-state index in [1.165, 1.54) is 16.7 Å². The third kappa shape index (κ3) is 3.19. The van der Waals surface area contributed by atoms with Crippen molar-refractivity contribution >= 4 is 0 Å². The second-order valence-electron chi connectivity index (χ2n) is 6.33. The van der Waals surface area contributed by atoms with Gasteiger partial charge >= 0.3 is 0 Å². The van der Waals surface area contributed by atoms with E-state index in [1.807, 2.05) is 24.4 Å². The van der Waals surface area contributed by atoms with E-state index in [-0.39, 0.29) is 0 Å². The van der Waals surface area contributed by atoms with Crippen LogP contribution in [0.5, 0.6) is 0 Å². The van der Waals surface area contributed by atoms with Crippen molar-refractivity contribution in [2.24, 2.45) is 0 Å². The van der Waals surface area contributed by atoms with E-state index in [4.69, 9.17) is 4.98 Å². The van der Waals surface area contributed by atoms with Gasteiger partial charge in [0.05, 0.1) is 5.69 Å². The van der Waals surface area contributed by atoms with Crippen molar-refractivity contribution in [3.8, 4) is 11.5 Å². The molecule has 0 bridgehead atoms. The van der Waals surface area contributed by atoms with Gasteiger partial charge in [-0.05, 0) is 36.6 Å². The molecule has 4 heteroatoms. The Morgan fingerprint density at radius 1 is 1.08 bits per heavy atom. The molecule has 0 atom stereocenters. The molecule has 0 aliphatic carbocycles. The molecule has 0 N–H and O–H groups in total. The molecule has 0 unspecified atom stereocenters. The molecule has 24 heavy (non-hydrogen) atoms. The zero-order chi connectivity index (χ0) is 16.4. The third-order valence-electron chi connectivity index (χ3n) is 4.41. The number of hydrogen-bond acceptors (Lipinski definition) is 4. The summed E-state index contributed by atoms with van der Waals surface area (Å²) in [6.45, 7) is 5.02. The summed E-state index contributed by atoms with van der Waals surface area (Å²) in [5.74, 6) is 0.715. The van der Waals surface area contributed by atoms with Gasteiger partial charge in [0, 0.05) is 32.0 Å². The van der Waals surface area contributed by atoms with E-state index in [0.717, 1.165) is 37.4 Å². The van der Waals surface area contributed by atoms with Gasteiger partial charge in [0.1, 0.15) is 5.69 Å². The van der Waals surface area contributed by atoms with Gasteiger partial charge in [-0.25, -0.2) is 9.97 Å². The summed E-state index contributed by atoms with van der Waals surface area (Å²) in [5, 5.41) is 0. The molecule has 1 aliphatic heterocycles. The zero-order valence-electron chi connectivity index (χ0n) is 13.8. The molecule has 0 amide bonds. The van der Waals surface area contributed by atoms with E-state index >= 15 is 0 Å². The maximum Gasteiger partial charge on any atom is 0.178 e. The lowest BCUT2D eigenvalue weighted by Crippen LogP contribution is -2.31. The maximum atomic E-state index is 4.78. The molecule has 2 aromatic heterocycles. The first kappa shape index (κ1) is 15.0. The Kier molecular flexibility index (Phi) is 4.05. The number of aryl methyl sites for hydroxylation is 1. The monoisotopic (exact) mass is 316 g/mol. The summed E-state index contributed by atoms with van der Waals surface area (Å²) in [5.41, 5.74) is 5.89. The van der Waals surface area contributed by atoms with Gasteiger partial charge in [-0.2, -0.15) is 0 Å². The zero-order valence-corrected chi connectivity index (χ0v) is 13.8. The highest BCUT2D eigenvalue weighted by Gasteiger charge is 2.19. The second-order valence-corrected chi connectivity index (χ2v) is 6.33. The molecule has 0 radical (unpaired) electrons. The van der Waals surface area contributed by atoms with E-state index in [9.17, 15) is 0 Å². The predicted octanol–water partition coefficient (Wildman–Crippen LogP) is 3.41. The highest BCUT2D eigenvalue weighted by molar-refractivity contribution is 5.49. The maximum absolute atomic E-state index is 4.78. The second kappa shape index (κ2) is 6.49. The van der Waals surface area contributed by atoms with Crippen LogP contribution < -0.4 is 0 Å². The molecule has 3 heterocycles. The van der Waals surface area contributed by atoms with Crippen molar-refractivity contribution in [3.63, 3.8) is 0 Å². The summed E-state index contributed by atoms with van der Waals surface area (Å²) in [4.78, 5) is 16.1. The number of benzene rings is 1. The van der Waals surface area contributed by atoms with Crippen LogP contribution in [0.2, 0.25) is 0 Å². The van der Waals surface area contributed by atoms with Gasteiger partial charge in [0.2, 0.25) is 0 Å². The average Bonchev–Trinajstić information content (AvgIpc) is 2.62. The van der Waals surface area contributed by atoms with Crippen LogP contribution in [0.15, 0.2) is 54.9 Å². The summed E-state index contributed by atoms with van der Waals surface area (Å²) in [6, 6.07) is 14.6. The van der Waals surface area contributed by atoms with Crippen LogP contribution in [0.4, 0.5) is 0 Å². The lowest BCUT2D eigenvalue weighted by atomic mass is 10.1. The van der Waals surface area contributed by atoms with Crippen molar-refractivity contribution in [1.82, 2.24) is 19.9 Å². The van der Waals surface area contributed by atoms with Crippen molar-refractivity contribution in [2.75, 3.05) is 6.54 Å². The van der Waals surface area contributed by atoms with Crippen LogP contribution in [0, 0.1) is 6.92 Å². The highest BCUT2D eigenvalue weighted by atomic mass is 15.1. The fraction of sp³-hybridized carbons (Fsp3) is 0.250. The normalized spacial score (nSPS) is 14.4. The van der Waals surface area contributed by atoms with E-state index in [1.54, 1.807) is 6.20 Å². The number of rotatable bonds is 3.